The Morgan fingerprint density at radius 2 is 1.70 bits per heavy atom. The van der Waals surface area contributed by atoms with Crippen LogP contribution in [0.15, 0.2) is 47.1 Å². The Labute approximate surface area is 152 Å². The average molecular weight is 365 g/mol. The van der Waals surface area contributed by atoms with Gasteiger partial charge in [-0.15, -0.1) is 0 Å². The largest absolute Gasteiger partial charge is 0.465 e. The first-order valence-corrected chi connectivity index (χ1v) is 8.20. The summed E-state index contributed by atoms with van der Waals surface area (Å²) in [5.74, 6) is -0.296. The summed E-state index contributed by atoms with van der Waals surface area (Å²) in [6, 6.07) is 13.3. The van der Waals surface area contributed by atoms with Gasteiger partial charge in [0, 0.05) is 24.0 Å². The molecule has 2 heterocycles. The summed E-state index contributed by atoms with van der Waals surface area (Å²) in [6.45, 7) is 0.350. The first kappa shape index (κ1) is 16.6. The molecule has 4 N–H and O–H groups in total. The molecule has 4 rings (SSSR count). The summed E-state index contributed by atoms with van der Waals surface area (Å²) < 4.78 is 4.72. The number of carbonyl (C=O) groups excluding carboxylic acids is 1. The lowest BCUT2D eigenvalue weighted by molar-refractivity contribution is 0.0949. The number of nitrogens with one attached hydrogen (secondary N) is 3. The highest BCUT2D eigenvalue weighted by atomic mass is 16.6. The second-order valence-electron chi connectivity index (χ2n) is 5.94. The van der Waals surface area contributed by atoms with Crippen LogP contribution in [-0.4, -0.2) is 45.5 Å². The van der Waals surface area contributed by atoms with Gasteiger partial charge in [-0.3, -0.25) is 4.79 Å². The highest BCUT2D eigenvalue weighted by Gasteiger charge is 2.11. The molecule has 0 unspecified atom stereocenters. The lowest BCUT2D eigenvalue weighted by Gasteiger charge is -2.03. The van der Waals surface area contributed by atoms with Gasteiger partial charge in [0.15, 0.2) is 0 Å². The van der Waals surface area contributed by atoms with Crippen molar-refractivity contribution in [3.8, 4) is 11.1 Å². The van der Waals surface area contributed by atoms with E-state index in [-0.39, 0.29) is 19.0 Å². The molecule has 0 aliphatic heterocycles. The molecule has 0 spiro atoms. The Morgan fingerprint density at radius 1 is 0.963 bits per heavy atom. The molecule has 4 aromatic rings. The summed E-state index contributed by atoms with van der Waals surface area (Å²) in [5, 5.41) is 21.9. The first-order chi connectivity index (χ1) is 13.1. The molecule has 0 bridgehead atoms. The van der Waals surface area contributed by atoms with Crippen LogP contribution in [0.1, 0.15) is 10.5 Å². The lowest BCUT2D eigenvalue weighted by Crippen LogP contribution is -2.34. The summed E-state index contributed by atoms with van der Waals surface area (Å²) >= 11 is 0. The zero-order valence-corrected chi connectivity index (χ0v) is 14.0. The van der Waals surface area contributed by atoms with Crippen molar-refractivity contribution < 1.29 is 19.3 Å². The van der Waals surface area contributed by atoms with Crippen LogP contribution in [0.3, 0.4) is 0 Å². The van der Waals surface area contributed by atoms with E-state index >= 15 is 0 Å². The van der Waals surface area contributed by atoms with Gasteiger partial charge in [-0.05, 0) is 51.8 Å². The molecule has 0 saturated carbocycles. The van der Waals surface area contributed by atoms with Crippen molar-refractivity contribution in [2.24, 2.45) is 0 Å². The predicted octanol–water partition coefficient (Wildman–Crippen LogP) is 2.37. The number of nitrogens with zero attached hydrogens (tertiary/aromatic N) is 2. The van der Waals surface area contributed by atoms with Crippen molar-refractivity contribution >= 4 is 33.9 Å². The Kier molecular flexibility index (Phi) is 4.17. The normalized spacial score (nSPS) is 11.0. The molecule has 27 heavy (non-hydrogen) atoms. The molecular weight excluding hydrogens is 350 g/mol. The van der Waals surface area contributed by atoms with Gasteiger partial charge in [0.25, 0.3) is 5.91 Å². The van der Waals surface area contributed by atoms with E-state index in [0.717, 1.165) is 22.0 Å². The van der Waals surface area contributed by atoms with Gasteiger partial charge < -0.3 is 20.7 Å². The van der Waals surface area contributed by atoms with E-state index in [9.17, 15) is 9.59 Å². The third kappa shape index (κ3) is 3.43. The van der Waals surface area contributed by atoms with Crippen LogP contribution in [0.25, 0.3) is 33.1 Å². The molecule has 9 nitrogen and oxygen atoms in total. The van der Waals surface area contributed by atoms with Crippen molar-refractivity contribution in [2.75, 3.05) is 13.1 Å². The zero-order chi connectivity index (χ0) is 18.8. The molecule has 2 aromatic carbocycles. The third-order valence-corrected chi connectivity index (χ3v) is 4.14. The minimum atomic E-state index is -1.12. The fraction of sp³-hybridized carbons (Fsp3) is 0.111. The zero-order valence-electron chi connectivity index (χ0n) is 14.0. The van der Waals surface area contributed by atoms with E-state index in [1.807, 2.05) is 36.4 Å². The molecule has 0 aliphatic carbocycles. The third-order valence-electron chi connectivity index (χ3n) is 4.14. The Morgan fingerprint density at radius 3 is 2.56 bits per heavy atom. The number of fused-ring (bicyclic) bond motifs is 2. The van der Waals surface area contributed by atoms with Crippen molar-refractivity contribution in [3.05, 3.63) is 48.2 Å². The SMILES string of the molecule is O=C(O)NCCNC(=O)c1cc2cc(-c3ccc4nonc4c3)ccc2[nH]1. The molecule has 0 saturated heterocycles. The fourth-order valence-corrected chi connectivity index (χ4v) is 2.84. The van der Waals surface area contributed by atoms with Gasteiger partial charge in [0.1, 0.15) is 16.7 Å². The number of hydrogen-bond acceptors (Lipinski definition) is 5. The topological polar surface area (TPSA) is 133 Å². The Balaban J connectivity index is 1.54. The molecular formula is C18H15N5O4. The van der Waals surface area contributed by atoms with Crippen molar-refractivity contribution in [3.63, 3.8) is 0 Å². The number of aromatic amines is 1. The number of benzene rings is 2. The minimum absolute atomic E-state index is 0.144. The van der Waals surface area contributed by atoms with Gasteiger partial charge in [0.2, 0.25) is 0 Å². The first-order valence-electron chi connectivity index (χ1n) is 8.20. The van der Waals surface area contributed by atoms with Crippen molar-refractivity contribution in [2.45, 2.75) is 0 Å². The molecule has 2 amide bonds. The van der Waals surface area contributed by atoms with Crippen LogP contribution in [0.2, 0.25) is 0 Å². The van der Waals surface area contributed by atoms with E-state index < -0.39 is 6.09 Å². The highest BCUT2D eigenvalue weighted by Crippen LogP contribution is 2.27. The Hall–Kier alpha value is -3.88. The van der Waals surface area contributed by atoms with Gasteiger partial charge in [0.05, 0.1) is 0 Å². The maximum atomic E-state index is 12.2. The average Bonchev–Trinajstić information content (AvgIpc) is 3.30. The number of carbonyl (C=O) groups is 2. The summed E-state index contributed by atoms with van der Waals surface area (Å²) in [6.07, 6.45) is -1.12. The molecule has 0 aliphatic rings. The van der Waals surface area contributed by atoms with Crippen molar-refractivity contribution in [1.82, 2.24) is 25.9 Å². The maximum Gasteiger partial charge on any atom is 0.404 e. The summed E-state index contributed by atoms with van der Waals surface area (Å²) in [7, 11) is 0. The second kappa shape index (κ2) is 6.79. The van der Waals surface area contributed by atoms with E-state index in [4.69, 9.17) is 9.74 Å². The van der Waals surface area contributed by atoms with Crippen LogP contribution in [0.4, 0.5) is 4.79 Å². The lowest BCUT2D eigenvalue weighted by atomic mass is 10.0. The highest BCUT2D eigenvalue weighted by molar-refractivity contribution is 5.99. The predicted molar refractivity (Wildman–Crippen MR) is 97.5 cm³/mol. The standard InChI is InChI=1S/C18H15N5O4/c24-17(19-5-6-20-18(25)26)16-9-12-7-10(1-3-13(12)21-16)11-2-4-14-15(8-11)23-27-22-14/h1-4,7-9,20-21H,5-6H2,(H,19,24)(H,25,26). The van der Waals surface area contributed by atoms with Gasteiger partial charge in [-0.25, -0.2) is 9.42 Å². The molecule has 0 atom stereocenters. The molecule has 0 radical (unpaired) electrons. The summed E-state index contributed by atoms with van der Waals surface area (Å²) in [4.78, 5) is 25.6. The van der Waals surface area contributed by atoms with Crippen LogP contribution in [0.5, 0.6) is 0 Å². The smallest absolute Gasteiger partial charge is 0.404 e. The maximum absolute atomic E-state index is 12.2. The molecule has 2 aromatic heterocycles. The minimum Gasteiger partial charge on any atom is -0.465 e. The molecule has 9 heteroatoms. The van der Waals surface area contributed by atoms with Crippen LogP contribution in [0, 0.1) is 0 Å². The quantitative estimate of drug-likeness (QED) is 0.401. The van der Waals surface area contributed by atoms with Crippen LogP contribution >= 0.6 is 0 Å². The molecule has 0 fully saturated rings. The van der Waals surface area contributed by atoms with E-state index in [0.29, 0.717) is 16.7 Å². The number of rotatable bonds is 5. The fourth-order valence-electron chi connectivity index (χ4n) is 2.84. The van der Waals surface area contributed by atoms with Crippen LogP contribution < -0.4 is 10.6 Å². The van der Waals surface area contributed by atoms with E-state index in [1.54, 1.807) is 6.07 Å². The summed E-state index contributed by atoms with van der Waals surface area (Å²) in [5.41, 5.74) is 4.55. The number of aromatic nitrogens is 3. The number of carboxylic acid groups (broad SMARTS) is 1. The monoisotopic (exact) mass is 365 g/mol. The van der Waals surface area contributed by atoms with E-state index in [2.05, 4.69) is 25.9 Å². The van der Waals surface area contributed by atoms with Crippen LogP contribution in [-0.2, 0) is 0 Å². The van der Waals surface area contributed by atoms with Crippen molar-refractivity contribution in [1.29, 1.82) is 0 Å². The van der Waals surface area contributed by atoms with Gasteiger partial charge in [-0.2, -0.15) is 0 Å². The molecule has 136 valence electrons. The van der Waals surface area contributed by atoms with Gasteiger partial charge in [-0.1, -0.05) is 12.1 Å². The Bertz CT molecular complexity index is 1150. The van der Waals surface area contributed by atoms with E-state index in [1.165, 1.54) is 0 Å². The van der Waals surface area contributed by atoms with Gasteiger partial charge >= 0.3 is 6.09 Å². The number of H-pyrrole nitrogens is 1. The number of amides is 2. The number of hydrogen-bond donors (Lipinski definition) is 4. The second-order valence-corrected chi connectivity index (χ2v) is 5.94.